The van der Waals surface area contributed by atoms with Crippen molar-refractivity contribution in [2.45, 2.75) is 25.3 Å². The first-order chi connectivity index (χ1) is 12.3. The number of pyridine rings is 1. The van der Waals surface area contributed by atoms with Gasteiger partial charge in [0.1, 0.15) is 24.2 Å². The maximum Gasteiger partial charge on any atom is 0.234 e. The van der Waals surface area contributed by atoms with Crippen molar-refractivity contribution >= 4 is 33.7 Å². The van der Waals surface area contributed by atoms with Crippen molar-refractivity contribution in [3.63, 3.8) is 0 Å². The summed E-state index contributed by atoms with van der Waals surface area (Å²) in [5.41, 5.74) is 1.64. The van der Waals surface area contributed by atoms with Gasteiger partial charge in [-0.3, -0.25) is 4.79 Å². The first-order valence-electron chi connectivity index (χ1n) is 8.24. The highest BCUT2D eigenvalue weighted by atomic mass is 16.1. The summed E-state index contributed by atoms with van der Waals surface area (Å²) in [4.78, 5) is 30.2. The largest absolute Gasteiger partial charge is 0.356 e. The van der Waals surface area contributed by atoms with Gasteiger partial charge >= 0.3 is 0 Å². The Labute approximate surface area is 143 Å². The second-order valence-electron chi connectivity index (χ2n) is 6.12. The number of carbonyl (C=O) groups is 1. The van der Waals surface area contributed by atoms with Gasteiger partial charge < -0.3 is 15.2 Å². The Bertz CT molecular complexity index is 966. The zero-order chi connectivity index (χ0) is 17.2. The molecule has 8 nitrogen and oxygen atoms in total. The average Bonchev–Trinajstić information content (AvgIpc) is 3.11. The van der Waals surface area contributed by atoms with E-state index in [-0.39, 0.29) is 18.4 Å². The molecule has 4 rings (SSSR count). The van der Waals surface area contributed by atoms with E-state index in [1.54, 1.807) is 12.5 Å². The molecule has 0 aliphatic carbocycles. The number of rotatable bonds is 3. The Morgan fingerprint density at radius 3 is 3.00 bits per heavy atom. The number of anilines is 1. The summed E-state index contributed by atoms with van der Waals surface area (Å²) in [6.07, 6.45) is 6.75. The molecule has 126 valence electrons. The summed E-state index contributed by atoms with van der Waals surface area (Å²) in [7, 11) is 0. The van der Waals surface area contributed by atoms with Gasteiger partial charge in [0.2, 0.25) is 5.91 Å². The van der Waals surface area contributed by atoms with E-state index in [0.717, 1.165) is 53.7 Å². The van der Waals surface area contributed by atoms with Gasteiger partial charge in [-0.2, -0.15) is 5.26 Å². The van der Waals surface area contributed by atoms with Crippen molar-refractivity contribution < 1.29 is 4.79 Å². The quantitative estimate of drug-likeness (QED) is 0.750. The summed E-state index contributed by atoms with van der Waals surface area (Å²) in [6.45, 7) is 1.58. The molecule has 4 heterocycles. The molecule has 0 aromatic carbocycles. The monoisotopic (exact) mass is 335 g/mol. The SMILES string of the molecule is N#CCC(=O)NC1CCN(c2ncnc3cnc4[nH]ccc4c23)CC1. The zero-order valence-electron chi connectivity index (χ0n) is 13.6. The zero-order valence-corrected chi connectivity index (χ0v) is 13.6. The Balaban J connectivity index is 1.58. The molecule has 0 radical (unpaired) electrons. The molecule has 0 atom stereocenters. The van der Waals surface area contributed by atoms with Crippen LogP contribution in [-0.2, 0) is 4.79 Å². The number of H-pyrrole nitrogens is 1. The molecule has 3 aromatic rings. The van der Waals surface area contributed by atoms with Crippen LogP contribution in [0.3, 0.4) is 0 Å². The second kappa shape index (κ2) is 6.36. The Hall–Kier alpha value is -3.21. The Morgan fingerprint density at radius 2 is 2.20 bits per heavy atom. The lowest BCUT2D eigenvalue weighted by atomic mass is 10.0. The van der Waals surface area contributed by atoms with E-state index in [2.05, 4.69) is 30.2 Å². The molecule has 0 saturated carbocycles. The number of amides is 1. The van der Waals surface area contributed by atoms with Crippen molar-refractivity contribution in [3.05, 3.63) is 24.8 Å². The number of piperidine rings is 1. The van der Waals surface area contributed by atoms with E-state index in [1.807, 2.05) is 18.3 Å². The van der Waals surface area contributed by atoms with Crippen LogP contribution in [0.5, 0.6) is 0 Å². The molecule has 8 heteroatoms. The van der Waals surface area contributed by atoms with Crippen molar-refractivity contribution in [1.82, 2.24) is 25.3 Å². The predicted octanol–water partition coefficient (Wildman–Crippen LogP) is 1.50. The van der Waals surface area contributed by atoms with E-state index in [4.69, 9.17) is 5.26 Å². The Kier molecular flexibility index (Phi) is 3.90. The van der Waals surface area contributed by atoms with Crippen molar-refractivity contribution in [3.8, 4) is 6.07 Å². The summed E-state index contributed by atoms with van der Waals surface area (Å²) < 4.78 is 0. The van der Waals surface area contributed by atoms with Crippen molar-refractivity contribution in [2.75, 3.05) is 18.0 Å². The number of nitrogens with one attached hydrogen (secondary N) is 2. The lowest BCUT2D eigenvalue weighted by molar-refractivity contribution is -0.120. The smallest absolute Gasteiger partial charge is 0.234 e. The number of aromatic amines is 1. The number of fused-ring (bicyclic) bond motifs is 3. The topological polar surface area (TPSA) is 111 Å². The number of hydrogen-bond donors (Lipinski definition) is 2. The maximum absolute atomic E-state index is 11.6. The lowest BCUT2D eigenvalue weighted by Crippen LogP contribution is -2.44. The van der Waals surface area contributed by atoms with E-state index in [0.29, 0.717) is 0 Å². The van der Waals surface area contributed by atoms with Gasteiger partial charge in [0.25, 0.3) is 0 Å². The minimum atomic E-state index is -0.200. The number of hydrogen-bond acceptors (Lipinski definition) is 6. The van der Waals surface area contributed by atoms with Crippen LogP contribution < -0.4 is 10.2 Å². The first kappa shape index (κ1) is 15.3. The average molecular weight is 335 g/mol. The van der Waals surface area contributed by atoms with Crippen LogP contribution in [0.1, 0.15) is 19.3 Å². The molecular formula is C17H17N7O. The summed E-state index contributed by atoms with van der Waals surface area (Å²) in [5.74, 6) is 0.701. The van der Waals surface area contributed by atoms with Gasteiger partial charge in [0.15, 0.2) is 0 Å². The van der Waals surface area contributed by atoms with Crippen LogP contribution in [0.4, 0.5) is 5.82 Å². The number of nitriles is 1. The third-order valence-electron chi connectivity index (χ3n) is 4.57. The van der Waals surface area contributed by atoms with Crippen LogP contribution in [0.15, 0.2) is 24.8 Å². The van der Waals surface area contributed by atoms with Gasteiger partial charge in [0, 0.05) is 30.7 Å². The Morgan fingerprint density at radius 1 is 1.36 bits per heavy atom. The number of carbonyl (C=O) groups excluding carboxylic acids is 1. The van der Waals surface area contributed by atoms with E-state index >= 15 is 0 Å². The van der Waals surface area contributed by atoms with E-state index < -0.39 is 0 Å². The fourth-order valence-corrected chi connectivity index (χ4v) is 3.37. The molecule has 0 bridgehead atoms. The van der Waals surface area contributed by atoms with E-state index in [9.17, 15) is 4.79 Å². The molecular weight excluding hydrogens is 318 g/mol. The minimum Gasteiger partial charge on any atom is -0.356 e. The summed E-state index contributed by atoms with van der Waals surface area (Å²) in [5, 5.41) is 13.5. The summed E-state index contributed by atoms with van der Waals surface area (Å²) in [6, 6.07) is 3.98. The van der Waals surface area contributed by atoms with Gasteiger partial charge in [-0.15, -0.1) is 0 Å². The standard InChI is InChI=1S/C17H17N7O/c18-5-1-14(25)23-11-3-7-24(8-4-11)17-15-12-2-6-19-16(12)20-9-13(15)21-10-22-17/h2,6,9-11H,1,3-4,7-8H2,(H,19,20)(H,23,25). The highest BCUT2D eigenvalue weighted by Crippen LogP contribution is 2.30. The molecule has 1 saturated heterocycles. The maximum atomic E-state index is 11.6. The first-order valence-corrected chi connectivity index (χ1v) is 8.24. The van der Waals surface area contributed by atoms with Gasteiger partial charge in [-0.05, 0) is 18.9 Å². The van der Waals surface area contributed by atoms with Gasteiger partial charge in [0.05, 0.1) is 23.2 Å². The molecule has 2 N–H and O–H groups in total. The van der Waals surface area contributed by atoms with Crippen LogP contribution in [-0.4, -0.2) is 45.0 Å². The normalized spacial score (nSPS) is 15.4. The van der Waals surface area contributed by atoms with Crippen LogP contribution >= 0.6 is 0 Å². The second-order valence-corrected chi connectivity index (χ2v) is 6.12. The number of aromatic nitrogens is 4. The molecule has 3 aromatic heterocycles. The minimum absolute atomic E-state index is 0.0881. The molecule has 0 spiro atoms. The molecule has 0 unspecified atom stereocenters. The van der Waals surface area contributed by atoms with Gasteiger partial charge in [-0.25, -0.2) is 15.0 Å². The van der Waals surface area contributed by atoms with E-state index in [1.165, 1.54) is 0 Å². The third kappa shape index (κ3) is 2.85. The highest BCUT2D eigenvalue weighted by Gasteiger charge is 2.23. The number of nitrogens with zero attached hydrogens (tertiary/aromatic N) is 5. The lowest BCUT2D eigenvalue weighted by Gasteiger charge is -2.33. The summed E-state index contributed by atoms with van der Waals surface area (Å²) >= 11 is 0. The van der Waals surface area contributed by atoms with Crippen molar-refractivity contribution in [1.29, 1.82) is 5.26 Å². The third-order valence-corrected chi connectivity index (χ3v) is 4.57. The predicted molar refractivity (Wildman–Crippen MR) is 92.8 cm³/mol. The molecule has 1 fully saturated rings. The molecule has 1 aliphatic heterocycles. The van der Waals surface area contributed by atoms with Crippen LogP contribution in [0, 0.1) is 11.3 Å². The van der Waals surface area contributed by atoms with Crippen LogP contribution in [0.25, 0.3) is 21.9 Å². The molecule has 1 amide bonds. The van der Waals surface area contributed by atoms with Crippen LogP contribution in [0.2, 0.25) is 0 Å². The fraction of sp³-hybridized carbons (Fsp3) is 0.353. The highest BCUT2D eigenvalue weighted by molar-refractivity contribution is 6.08. The molecule has 25 heavy (non-hydrogen) atoms. The fourth-order valence-electron chi connectivity index (χ4n) is 3.37. The van der Waals surface area contributed by atoms with Crippen molar-refractivity contribution in [2.24, 2.45) is 0 Å². The van der Waals surface area contributed by atoms with Gasteiger partial charge in [-0.1, -0.05) is 0 Å². The molecule has 1 aliphatic rings.